The molecule has 1 aliphatic rings. The lowest BCUT2D eigenvalue weighted by Crippen LogP contribution is -2.36. The van der Waals surface area contributed by atoms with Crippen LogP contribution in [0.5, 0.6) is 0 Å². The van der Waals surface area contributed by atoms with Gasteiger partial charge in [-0.1, -0.05) is 6.58 Å². The Balaban J connectivity index is 2.35. The second kappa shape index (κ2) is 5.30. The highest BCUT2D eigenvalue weighted by atomic mass is 16.6. The van der Waals surface area contributed by atoms with Crippen molar-refractivity contribution in [1.29, 1.82) is 0 Å². The Labute approximate surface area is 98.1 Å². The van der Waals surface area contributed by atoms with Crippen molar-refractivity contribution in [3.05, 3.63) is 12.2 Å². The Morgan fingerprint density at radius 2 is 1.81 bits per heavy atom. The molecule has 0 radical (unpaired) electrons. The van der Waals surface area contributed by atoms with Crippen molar-refractivity contribution in [2.24, 2.45) is 5.92 Å². The Morgan fingerprint density at radius 1 is 1.31 bits per heavy atom. The van der Waals surface area contributed by atoms with E-state index in [0.29, 0.717) is 11.5 Å². The fourth-order valence-electron chi connectivity index (χ4n) is 2.20. The van der Waals surface area contributed by atoms with Crippen molar-refractivity contribution in [3.63, 3.8) is 0 Å². The molecular weight excluding hydrogens is 204 g/mol. The van der Waals surface area contributed by atoms with Gasteiger partial charge < -0.3 is 14.9 Å². The summed E-state index contributed by atoms with van der Waals surface area (Å²) in [7, 11) is 0. The maximum atomic E-state index is 9.89. The Kier molecular flexibility index (Phi) is 4.53. The molecule has 0 aromatic carbocycles. The van der Waals surface area contributed by atoms with Crippen LogP contribution in [0, 0.1) is 5.92 Å². The van der Waals surface area contributed by atoms with Gasteiger partial charge in [-0.2, -0.15) is 0 Å². The van der Waals surface area contributed by atoms with Crippen LogP contribution in [0.15, 0.2) is 12.2 Å². The molecule has 1 fully saturated rings. The summed E-state index contributed by atoms with van der Waals surface area (Å²) < 4.78 is 5.49. The molecule has 0 heterocycles. The van der Waals surface area contributed by atoms with Crippen molar-refractivity contribution < 1.29 is 14.9 Å². The van der Waals surface area contributed by atoms with Gasteiger partial charge in [0, 0.05) is 0 Å². The minimum atomic E-state index is -0.844. The second-order valence-corrected chi connectivity index (χ2v) is 5.46. The van der Waals surface area contributed by atoms with Gasteiger partial charge in [0.1, 0.15) is 0 Å². The first-order valence-electron chi connectivity index (χ1n) is 6.02. The first-order chi connectivity index (χ1) is 7.30. The van der Waals surface area contributed by atoms with Crippen LogP contribution in [0.1, 0.15) is 46.5 Å². The summed E-state index contributed by atoms with van der Waals surface area (Å²) in [6.45, 7) is 9.14. The second-order valence-electron chi connectivity index (χ2n) is 5.46. The van der Waals surface area contributed by atoms with Crippen molar-refractivity contribution in [2.45, 2.75) is 64.4 Å². The fourth-order valence-corrected chi connectivity index (χ4v) is 2.20. The molecule has 0 spiro atoms. The summed E-state index contributed by atoms with van der Waals surface area (Å²) in [6, 6.07) is 0. The predicted octanol–water partition coefficient (Wildman–Crippen LogP) is 2.23. The molecule has 3 heteroatoms. The molecule has 1 atom stereocenters. The van der Waals surface area contributed by atoms with E-state index in [9.17, 15) is 10.2 Å². The average Bonchev–Trinajstić information content (AvgIpc) is 2.17. The standard InChI is InChI=1S/C13H24O3/c1-9(2)12(14)16-11-7-5-10(6-8-11)13(3,4)15/h10-12,14-15H,1,5-8H2,2-4H3. The van der Waals surface area contributed by atoms with Crippen LogP contribution in [0.2, 0.25) is 0 Å². The van der Waals surface area contributed by atoms with Crippen LogP contribution < -0.4 is 0 Å². The van der Waals surface area contributed by atoms with E-state index in [0.717, 1.165) is 25.7 Å². The maximum absolute atomic E-state index is 9.89. The largest absolute Gasteiger partial charge is 0.390 e. The summed E-state index contributed by atoms with van der Waals surface area (Å²) in [5.74, 6) is 0.342. The van der Waals surface area contributed by atoms with Gasteiger partial charge in [0.15, 0.2) is 6.29 Å². The molecule has 94 valence electrons. The van der Waals surface area contributed by atoms with E-state index in [-0.39, 0.29) is 6.10 Å². The molecule has 0 amide bonds. The maximum Gasteiger partial charge on any atom is 0.176 e. The number of rotatable bonds is 4. The lowest BCUT2D eigenvalue weighted by molar-refractivity contribution is -0.131. The highest BCUT2D eigenvalue weighted by Crippen LogP contribution is 2.34. The molecule has 1 saturated carbocycles. The minimum absolute atomic E-state index is 0.102. The van der Waals surface area contributed by atoms with Crippen molar-refractivity contribution >= 4 is 0 Å². The van der Waals surface area contributed by atoms with Crippen LogP contribution in [-0.4, -0.2) is 28.2 Å². The quantitative estimate of drug-likeness (QED) is 0.573. The molecule has 1 aliphatic carbocycles. The van der Waals surface area contributed by atoms with Crippen LogP contribution in [0.3, 0.4) is 0 Å². The molecule has 2 N–H and O–H groups in total. The average molecular weight is 228 g/mol. The van der Waals surface area contributed by atoms with E-state index >= 15 is 0 Å². The van der Waals surface area contributed by atoms with E-state index in [1.807, 2.05) is 13.8 Å². The lowest BCUT2D eigenvalue weighted by Gasteiger charge is -2.36. The van der Waals surface area contributed by atoms with E-state index in [1.54, 1.807) is 6.92 Å². The molecule has 1 rings (SSSR count). The van der Waals surface area contributed by atoms with E-state index in [1.165, 1.54) is 0 Å². The third kappa shape index (κ3) is 3.89. The van der Waals surface area contributed by atoms with Gasteiger partial charge in [-0.05, 0) is 57.9 Å². The van der Waals surface area contributed by atoms with Gasteiger partial charge in [0.2, 0.25) is 0 Å². The van der Waals surface area contributed by atoms with Crippen molar-refractivity contribution in [2.75, 3.05) is 0 Å². The summed E-state index contributed by atoms with van der Waals surface area (Å²) in [6.07, 6.45) is 2.97. The predicted molar refractivity (Wildman–Crippen MR) is 63.9 cm³/mol. The molecule has 0 aromatic heterocycles. The van der Waals surface area contributed by atoms with Gasteiger partial charge in [-0.3, -0.25) is 0 Å². The summed E-state index contributed by atoms with van der Waals surface area (Å²) in [5.41, 5.74) is 0.0439. The van der Waals surface area contributed by atoms with Crippen LogP contribution in [-0.2, 0) is 4.74 Å². The van der Waals surface area contributed by atoms with Gasteiger partial charge in [-0.25, -0.2) is 0 Å². The fraction of sp³-hybridized carbons (Fsp3) is 0.846. The molecule has 0 bridgehead atoms. The highest BCUT2D eigenvalue weighted by Gasteiger charge is 2.32. The van der Waals surface area contributed by atoms with Crippen molar-refractivity contribution in [3.8, 4) is 0 Å². The summed E-state index contributed by atoms with van der Waals surface area (Å²) in [4.78, 5) is 0. The van der Waals surface area contributed by atoms with Crippen LogP contribution in [0.4, 0.5) is 0 Å². The third-order valence-corrected chi connectivity index (χ3v) is 3.42. The number of aliphatic hydroxyl groups excluding tert-OH is 1. The minimum Gasteiger partial charge on any atom is -0.390 e. The van der Waals surface area contributed by atoms with E-state index in [2.05, 4.69) is 6.58 Å². The number of hydrogen-bond acceptors (Lipinski definition) is 3. The SMILES string of the molecule is C=C(C)C(O)OC1CCC(C(C)(C)O)CC1. The smallest absolute Gasteiger partial charge is 0.176 e. The number of aliphatic hydroxyl groups is 2. The van der Waals surface area contributed by atoms with Crippen LogP contribution in [0.25, 0.3) is 0 Å². The molecule has 3 nitrogen and oxygen atoms in total. The molecule has 0 saturated heterocycles. The van der Waals surface area contributed by atoms with E-state index < -0.39 is 11.9 Å². The highest BCUT2D eigenvalue weighted by molar-refractivity contribution is 4.92. The monoisotopic (exact) mass is 228 g/mol. The van der Waals surface area contributed by atoms with Gasteiger partial charge in [0.25, 0.3) is 0 Å². The number of ether oxygens (including phenoxy) is 1. The lowest BCUT2D eigenvalue weighted by atomic mass is 9.78. The molecular formula is C13H24O3. The Morgan fingerprint density at radius 3 is 2.19 bits per heavy atom. The summed E-state index contributed by atoms with van der Waals surface area (Å²) >= 11 is 0. The van der Waals surface area contributed by atoms with Crippen LogP contribution >= 0.6 is 0 Å². The number of hydrogen-bond donors (Lipinski definition) is 2. The third-order valence-electron chi connectivity index (χ3n) is 3.42. The summed E-state index contributed by atoms with van der Waals surface area (Å²) in [5, 5.41) is 19.4. The molecule has 16 heavy (non-hydrogen) atoms. The van der Waals surface area contributed by atoms with Gasteiger partial charge in [0.05, 0.1) is 11.7 Å². The van der Waals surface area contributed by atoms with Gasteiger partial charge >= 0.3 is 0 Å². The topological polar surface area (TPSA) is 49.7 Å². The Bertz CT molecular complexity index is 234. The molecule has 0 aromatic rings. The normalized spacial score (nSPS) is 28.8. The Hall–Kier alpha value is -0.380. The zero-order valence-electron chi connectivity index (χ0n) is 10.6. The van der Waals surface area contributed by atoms with Gasteiger partial charge in [-0.15, -0.1) is 0 Å². The zero-order chi connectivity index (χ0) is 12.3. The first kappa shape index (κ1) is 13.7. The first-order valence-corrected chi connectivity index (χ1v) is 6.02. The van der Waals surface area contributed by atoms with Crippen molar-refractivity contribution in [1.82, 2.24) is 0 Å². The van der Waals surface area contributed by atoms with E-state index in [4.69, 9.17) is 4.74 Å². The molecule has 0 aliphatic heterocycles. The molecule has 1 unspecified atom stereocenters. The zero-order valence-corrected chi connectivity index (χ0v) is 10.6.